The largest absolute Gasteiger partial charge is 0.381 e. The molecule has 32 heavy (non-hydrogen) atoms. The molecule has 3 aromatic heterocycles. The summed E-state index contributed by atoms with van der Waals surface area (Å²) in [4.78, 5) is 31.2. The van der Waals surface area contributed by atoms with E-state index in [1.807, 2.05) is 50.2 Å². The van der Waals surface area contributed by atoms with Crippen molar-refractivity contribution in [3.63, 3.8) is 0 Å². The highest BCUT2D eigenvalue weighted by atomic mass is 16.5. The van der Waals surface area contributed by atoms with Crippen molar-refractivity contribution in [1.29, 1.82) is 0 Å². The maximum Gasteiger partial charge on any atom is 0.278 e. The van der Waals surface area contributed by atoms with Gasteiger partial charge in [0.1, 0.15) is 10.9 Å². The van der Waals surface area contributed by atoms with E-state index in [9.17, 15) is 9.59 Å². The number of hydrogen-bond donors (Lipinski definition) is 2. The molecule has 1 aromatic carbocycles. The SMILES string of the molecule is COCC[n+]1c(N)c(C(=O)N[C@H](C)c2ccccc2)cc2c(=O)n3cccc(C)c3nc21. The van der Waals surface area contributed by atoms with E-state index < -0.39 is 0 Å². The first kappa shape index (κ1) is 21.5. The topological polar surface area (TPSA) is 103 Å². The first-order valence-corrected chi connectivity index (χ1v) is 10.4. The van der Waals surface area contributed by atoms with Crippen LogP contribution in [0.2, 0.25) is 0 Å². The van der Waals surface area contributed by atoms with Crippen molar-refractivity contribution in [2.75, 3.05) is 19.5 Å². The number of nitrogens with two attached hydrogens (primary N) is 1. The lowest BCUT2D eigenvalue weighted by Gasteiger charge is -2.16. The first-order chi connectivity index (χ1) is 15.4. The molecule has 0 saturated heterocycles. The minimum atomic E-state index is -0.361. The van der Waals surface area contributed by atoms with Gasteiger partial charge in [-0.2, -0.15) is 0 Å². The van der Waals surface area contributed by atoms with E-state index in [0.717, 1.165) is 11.1 Å². The van der Waals surface area contributed by atoms with Gasteiger partial charge in [0.15, 0.2) is 0 Å². The molecule has 4 aromatic rings. The average molecular weight is 433 g/mol. The highest BCUT2D eigenvalue weighted by Gasteiger charge is 2.25. The number of aryl methyl sites for hydroxylation is 1. The molecule has 0 aliphatic carbocycles. The number of carbonyl (C=O) groups excluding carboxylic acids is 1. The molecule has 3 N–H and O–H groups in total. The van der Waals surface area contributed by atoms with Gasteiger partial charge in [-0.05, 0) is 31.5 Å². The Balaban J connectivity index is 1.88. The smallest absolute Gasteiger partial charge is 0.278 e. The molecular weight excluding hydrogens is 406 g/mol. The van der Waals surface area contributed by atoms with Crippen LogP contribution in [0.3, 0.4) is 0 Å². The number of hydrogen-bond acceptors (Lipinski definition) is 5. The van der Waals surface area contributed by atoms with Crippen LogP contribution in [0.5, 0.6) is 0 Å². The van der Waals surface area contributed by atoms with Crippen molar-refractivity contribution in [1.82, 2.24) is 14.7 Å². The fourth-order valence-corrected chi connectivity index (χ4v) is 3.80. The quantitative estimate of drug-likeness (QED) is 0.359. The lowest BCUT2D eigenvalue weighted by atomic mass is 10.1. The van der Waals surface area contributed by atoms with Crippen LogP contribution in [0.1, 0.15) is 34.5 Å². The summed E-state index contributed by atoms with van der Waals surface area (Å²) in [6, 6.07) is 14.6. The number of carbonyl (C=O) groups is 1. The van der Waals surface area contributed by atoms with Crippen molar-refractivity contribution >= 4 is 28.4 Å². The third-order valence-electron chi connectivity index (χ3n) is 5.59. The summed E-state index contributed by atoms with van der Waals surface area (Å²) in [5.74, 6) is -0.127. The van der Waals surface area contributed by atoms with Crippen molar-refractivity contribution in [3.8, 4) is 0 Å². The van der Waals surface area contributed by atoms with Gasteiger partial charge in [0.25, 0.3) is 17.1 Å². The number of nitrogen functional groups attached to an aromatic ring is 1. The Kier molecular flexibility index (Phi) is 5.87. The molecule has 0 aliphatic heterocycles. The highest BCUT2D eigenvalue weighted by Crippen LogP contribution is 2.18. The Morgan fingerprint density at radius 2 is 2.00 bits per heavy atom. The molecule has 0 spiro atoms. The molecule has 4 rings (SSSR count). The lowest BCUT2D eigenvalue weighted by Crippen LogP contribution is -2.44. The number of rotatable bonds is 6. The van der Waals surface area contributed by atoms with E-state index in [2.05, 4.69) is 5.32 Å². The van der Waals surface area contributed by atoms with Gasteiger partial charge in [-0.15, -0.1) is 0 Å². The molecule has 164 valence electrons. The monoisotopic (exact) mass is 432 g/mol. The maximum absolute atomic E-state index is 13.3. The Morgan fingerprint density at radius 3 is 2.72 bits per heavy atom. The molecule has 8 nitrogen and oxygen atoms in total. The number of pyridine rings is 2. The van der Waals surface area contributed by atoms with Crippen LogP contribution in [0.15, 0.2) is 59.5 Å². The van der Waals surface area contributed by atoms with Gasteiger partial charge in [0.05, 0.1) is 19.2 Å². The molecule has 3 heterocycles. The van der Waals surface area contributed by atoms with Crippen LogP contribution < -0.4 is 21.2 Å². The van der Waals surface area contributed by atoms with Gasteiger partial charge >= 0.3 is 0 Å². The number of ether oxygens (including phenoxy) is 1. The van der Waals surface area contributed by atoms with Gasteiger partial charge in [-0.3, -0.25) is 14.0 Å². The minimum Gasteiger partial charge on any atom is -0.381 e. The molecule has 0 radical (unpaired) electrons. The fourth-order valence-electron chi connectivity index (χ4n) is 3.80. The Labute approximate surface area is 185 Å². The summed E-state index contributed by atoms with van der Waals surface area (Å²) in [5, 5.41) is 3.29. The summed E-state index contributed by atoms with van der Waals surface area (Å²) < 4.78 is 8.39. The van der Waals surface area contributed by atoms with Crippen LogP contribution >= 0.6 is 0 Å². The van der Waals surface area contributed by atoms with Crippen molar-refractivity contribution in [2.45, 2.75) is 26.4 Å². The Bertz CT molecular complexity index is 1370. The zero-order valence-corrected chi connectivity index (χ0v) is 18.3. The molecule has 1 atom stereocenters. The lowest BCUT2D eigenvalue weighted by molar-refractivity contribution is -0.660. The number of anilines is 1. The first-order valence-electron chi connectivity index (χ1n) is 10.4. The second-order valence-electron chi connectivity index (χ2n) is 7.73. The third-order valence-corrected chi connectivity index (χ3v) is 5.59. The molecule has 0 fully saturated rings. The molecular formula is C24H26N5O3+. The van der Waals surface area contributed by atoms with Crippen LogP contribution in [0, 0.1) is 6.92 Å². The van der Waals surface area contributed by atoms with Gasteiger partial charge < -0.3 is 15.8 Å². The number of aromatic nitrogens is 3. The maximum atomic E-state index is 13.3. The molecule has 8 heteroatoms. The van der Waals surface area contributed by atoms with Crippen LogP contribution in [-0.4, -0.2) is 29.0 Å². The van der Waals surface area contributed by atoms with E-state index in [0.29, 0.717) is 29.8 Å². The predicted molar refractivity (Wildman–Crippen MR) is 123 cm³/mol. The molecule has 0 saturated carbocycles. The van der Waals surface area contributed by atoms with E-state index in [1.165, 1.54) is 10.5 Å². The zero-order valence-electron chi connectivity index (χ0n) is 18.3. The predicted octanol–water partition coefficient (Wildman–Crippen LogP) is 2.16. The van der Waals surface area contributed by atoms with Crippen LogP contribution in [0.25, 0.3) is 16.7 Å². The molecule has 0 bridgehead atoms. The van der Waals surface area contributed by atoms with Gasteiger partial charge in [0.2, 0.25) is 11.5 Å². The third kappa shape index (κ3) is 3.80. The van der Waals surface area contributed by atoms with Crippen molar-refractivity contribution in [3.05, 3.63) is 81.8 Å². The standard InChI is InChI=1S/C24H25N5O3/c1-15-8-7-11-29-21(15)27-22-19(24(29)31)14-18(20(25)28(22)12-13-32-3)23(30)26-16(2)17-9-5-4-6-10-17/h4-11,14,16,25H,12-13H2,1-3H3,(H,26,30)/p+1/t16-/m1/s1. The normalized spacial score (nSPS) is 12.2. The van der Waals surface area contributed by atoms with E-state index in [4.69, 9.17) is 15.5 Å². The second-order valence-corrected chi connectivity index (χ2v) is 7.73. The Morgan fingerprint density at radius 1 is 1.25 bits per heavy atom. The number of nitrogens with one attached hydrogen (secondary N) is 1. The van der Waals surface area contributed by atoms with Crippen LogP contribution in [0.4, 0.5) is 5.82 Å². The van der Waals surface area contributed by atoms with E-state index >= 15 is 0 Å². The number of amides is 1. The summed E-state index contributed by atoms with van der Waals surface area (Å²) >= 11 is 0. The van der Waals surface area contributed by atoms with E-state index in [-0.39, 0.29) is 28.9 Å². The number of methoxy groups -OCH3 is 1. The number of nitrogens with zero attached hydrogens (tertiary/aromatic N) is 3. The summed E-state index contributed by atoms with van der Waals surface area (Å²) in [6.45, 7) is 4.49. The van der Waals surface area contributed by atoms with Gasteiger partial charge in [-0.25, -0.2) is 4.57 Å². The van der Waals surface area contributed by atoms with Crippen LogP contribution in [-0.2, 0) is 11.3 Å². The second kappa shape index (κ2) is 8.76. The highest BCUT2D eigenvalue weighted by molar-refractivity contribution is 6.00. The molecule has 1 amide bonds. The summed E-state index contributed by atoms with van der Waals surface area (Å²) in [5.41, 5.74) is 9.20. The van der Waals surface area contributed by atoms with Crippen molar-refractivity contribution < 1.29 is 14.1 Å². The average Bonchev–Trinajstić information content (AvgIpc) is 2.79. The fraction of sp³-hybridized carbons (Fsp3) is 0.250. The van der Waals surface area contributed by atoms with Gasteiger partial charge in [-0.1, -0.05) is 41.4 Å². The molecule has 0 aliphatic rings. The summed E-state index contributed by atoms with van der Waals surface area (Å²) in [6.07, 6.45) is 1.67. The molecule has 0 unspecified atom stereocenters. The number of fused-ring (bicyclic) bond motifs is 2. The Hall–Kier alpha value is -3.78. The number of benzene rings is 1. The minimum absolute atomic E-state index is 0.225. The van der Waals surface area contributed by atoms with Gasteiger partial charge in [0, 0.05) is 18.9 Å². The zero-order chi connectivity index (χ0) is 22.8. The van der Waals surface area contributed by atoms with E-state index in [1.54, 1.807) is 23.9 Å². The van der Waals surface area contributed by atoms with Crippen molar-refractivity contribution in [2.24, 2.45) is 0 Å². The summed E-state index contributed by atoms with van der Waals surface area (Å²) in [7, 11) is 1.58.